The van der Waals surface area contributed by atoms with E-state index in [2.05, 4.69) is 11.2 Å². The highest BCUT2D eigenvalue weighted by Gasteiger charge is 2.26. The summed E-state index contributed by atoms with van der Waals surface area (Å²) in [5.41, 5.74) is 1.66. The molecule has 1 atom stereocenters. The van der Waals surface area contributed by atoms with Gasteiger partial charge in [-0.25, -0.2) is 0 Å². The van der Waals surface area contributed by atoms with Crippen molar-refractivity contribution in [2.75, 3.05) is 6.61 Å². The van der Waals surface area contributed by atoms with E-state index in [4.69, 9.17) is 15.8 Å². The van der Waals surface area contributed by atoms with Crippen molar-refractivity contribution in [3.63, 3.8) is 0 Å². The van der Waals surface area contributed by atoms with Gasteiger partial charge in [-0.15, -0.1) is 0 Å². The van der Waals surface area contributed by atoms with E-state index in [9.17, 15) is 0 Å². The third kappa shape index (κ3) is 1.64. The standard InChI is InChI=1S/C11H11N3O/c12-6-5-8-7-15-10-4-2-1-3-9(10)11(8)14-13/h1-4,8H,5,7,13H2/b14-11-. The highest BCUT2D eigenvalue weighted by atomic mass is 16.5. The number of fused-ring (bicyclic) bond motifs is 1. The third-order valence-electron chi connectivity index (χ3n) is 2.47. The molecule has 0 fully saturated rings. The van der Waals surface area contributed by atoms with Gasteiger partial charge in [0.15, 0.2) is 0 Å². The summed E-state index contributed by atoms with van der Waals surface area (Å²) in [5.74, 6) is 6.13. The number of nitriles is 1. The lowest BCUT2D eigenvalue weighted by Gasteiger charge is -2.24. The Kier molecular flexibility index (Phi) is 2.55. The van der Waals surface area contributed by atoms with Gasteiger partial charge in [-0.1, -0.05) is 12.1 Å². The molecule has 1 aliphatic rings. The lowest BCUT2D eigenvalue weighted by molar-refractivity contribution is 0.275. The number of hydrogen-bond donors (Lipinski definition) is 1. The highest BCUT2D eigenvalue weighted by Crippen LogP contribution is 2.28. The topological polar surface area (TPSA) is 71.4 Å². The fourth-order valence-electron chi connectivity index (χ4n) is 1.73. The summed E-state index contributed by atoms with van der Waals surface area (Å²) < 4.78 is 5.53. The molecule has 0 radical (unpaired) electrons. The van der Waals surface area contributed by atoms with Crippen LogP contribution in [-0.4, -0.2) is 12.3 Å². The van der Waals surface area contributed by atoms with Gasteiger partial charge in [-0.2, -0.15) is 10.4 Å². The van der Waals surface area contributed by atoms with Crippen molar-refractivity contribution in [3.8, 4) is 11.8 Å². The molecule has 1 aromatic carbocycles. The molecular weight excluding hydrogens is 190 g/mol. The van der Waals surface area contributed by atoms with E-state index in [1.54, 1.807) is 0 Å². The van der Waals surface area contributed by atoms with E-state index in [1.165, 1.54) is 0 Å². The normalized spacial score (nSPS) is 21.5. The first-order valence-corrected chi connectivity index (χ1v) is 4.73. The fourth-order valence-corrected chi connectivity index (χ4v) is 1.73. The average molecular weight is 201 g/mol. The van der Waals surface area contributed by atoms with Gasteiger partial charge in [0.05, 0.1) is 24.3 Å². The van der Waals surface area contributed by atoms with Crippen LogP contribution in [0.2, 0.25) is 0 Å². The number of benzene rings is 1. The van der Waals surface area contributed by atoms with E-state index in [0.717, 1.165) is 17.0 Å². The SMILES string of the molecule is N#CCC1COc2ccccc2/C1=N\N. The molecule has 0 saturated carbocycles. The van der Waals surface area contributed by atoms with Crippen LogP contribution in [-0.2, 0) is 0 Å². The summed E-state index contributed by atoms with van der Waals surface area (Å²) in [6.45, 7) is 0.473. The lowest BCUT2D eigenvalue weighted by Crippen LogP contribution is -2.29. The van der Waals surface area contributed by atoms with Crippen LogP contribution in [0.5, 0.6) is 5.75 Å². The Hall–Kier alpha value is -2.02. The summed E-state index contributed by atoms with van der Waals surface area (Å²) in [7, 11) is 0. The molecule has 15 heavy (non-hydrogen) atoms. The number of nitrogens with two attached hydrogens (primary N) is 1. The largest absolute Gasteiger partial charge is 0.492 e. The van der Waals surface area contributed by atoms with Gasteiger partial charge in [-0.05, 0) is 12.1 Å². The molecule has 1 aromatic rings. The van der Waals surface area contributed by atoms with Gasteiger partial charge in [0.2, 0.25) is 0 Å². The molecule has 4 nitrogen and oxygen atoms in total. The molecule has 0 bridgehead atoms. The number of ether oxygens (including phenoxy) is 1. The molecule has 76 valence electrons. The van der Waals surface area contributed by atoms with Crippen molar-refractivity contribution in [2.24, 2.45) is 16.9 Å². The van der Waals surface area contributed by atoms with Crippen molar-refractivity contribution in [1.82, 2.24) is 0 Å². The monoisotopic (exact) mass is 201 g/mol. The maximum atomic E-state index is 8.68. The van der Waals surface area contributed by atoms with Gasteiger partial charge in [0.25, 0.3) is 0 Å². The smallest absolute Gasteiger partial charge is 0.128 e. The predicted octanol–water partition coefficient (Wildman–Crippen LogP) is 1.27. The fraction of sp³-hybridized carbons (Fsp3) is 0.273. The molecule has 4 heteroatoms. The Labute approximate surface area is 88.0 Å². The second kappa shape index (κ2) is 4.01. The second-order valence-corrected chi connectivity index (χ2v) is 3.38. The van der Waals surface area contributed by atoms with Crippen LogP contribution in [0.15, 0.2) is 29.4 Å². The Morgan fingerprint density at radius 1 is 1.53 bits per heavy atom. The number of hydrogen-bond acceptors (Lipinski definition) is 4. The summed E-state index contributed by atoms with van der Waals surface area (Å²) in [4.78, 5) is 0. The first kappa shape index (κ1) is 9.53. The molecule has 0 aliphatic carbocycles. The second-order valence-electron chi connectivity index (χ2n) is 3.38. The summed E-state index contributed by atoms with van der Waals surface area (Å²) >= 11 is 0. The minimum Gasteiger partial charge on any atom is -0.492 e. The molecule has 0 amide bonds. The zero-order valence-corrected chi connectivity index (χ0v) is 8.18. The molecule has 0 aromatic heterocycles. The minimum absolute atomic E-state index is 0.0186. The molecule has 1 aliphatic heterocycles. The van der Waals surface area contributed by atoms with Crippen molar-refractivity contribution in [2.45, 2.75) is 6.42 Å². The quantitative estimate of drug-likeness (QED) is 0.549. The summed E-state index contributed by atoms with van der Waals surface area (Å²) in [6, 6.07) is 9.71. The van der Waals surface area contributed by atoms with Gasteiger partial charge in [-0.3, -0.25) is 0 Å². The van der Waals surface area contributed by atoms with Crippen LogP contribution in [0, 0.1) is 17.2 Å². The zero-order chi connectivity index (χ0) is 10.7. The maximum Gasteiger partial charge on any atom is 0.128 e. The molecule has 1 heterocycles. The number of rotatable bonds is 1. The van der Waals surface area contributed by atoms with Crippen molar-refractivity contribution >= 4 is 5.71 Å². The predicted molar refractivity (Wildman–Crippen MR) is 56.4 cm³/mol. The molecular formula is C11H11N3O. The van der Waals surface area contributed by atoms with Crippen LogP contribution in [0.4, 0.5) is 0 Å². The van der Waals surface area contributed by atoms with Crippen molar-refractivity contribution in [1.29, 1.82) is 5.26 Å². The maximum absolute atomic E-state index is 8.68. The van der Waals surface area contributed by atoms with Crippen LogP contribution < -0.4 is 10.6 Å². The van der Waals surface area contributed by atoms with Crippen LogP contribution >= 0.6 is 0 Å². The average Bonchev–Trinajstić information content (AvgIpc) is 2.29. The van der Waals surface area contributed by atoms with E-state index in [-0.39, 0.29) is 5.92 Å². The van der Waals surface area contributed by atoms with E-state index >= 15 is 0 Å². The van der Waals surface area contributed by atoms with E-state index in [0.29, 0.717) is 13.0 Å². The highest BCUT2D eigenvalue weighted by molar-refractivity contribution is 6.05. The van der Waals surface area contributed by atoms with E-state index in [1.807, 2.05) is 24.3 Å². The lowest BCUT2D eigenvalue weighted by atomic mass is 9.92. The minimum atomic E-state index is -0.0186. The van der Waals surface area contributed by atoms with Gasteiger partial charge in [0, 0.05) is 12.0 Å². The molecule has 0 saturated heterocycles. The molecule has 2 N–H and O–H groups in total. The number of hydrazone groups is 1. The van der Waals surface area contributed by atoms with Crippen LogP contribution in [0.3, 0.4) is 0 Å². The van der Waals surface area contributed by atoms with Gasteiger partial charge >= 0.3 is 0 Å². The molecule has 1 unspecified atom stereocenters. The Balaban J connectivity index is 2.40. The number of nitrogens with zero attached hydrogens (tertiary/aromatic N) is 2. The Bertz CT molecular complexity index is 434. The van der Waals surface area contributed by atoms with E-state index < -0.39 is 0 Å². The third-order valence-corrected chi connectivity index (χ3v) is 2.47. The van der Waals surface area contributed by atoms with Crippen LogP contribution in [0.1, 0.15) is 12.0 Å². The first-order chi connectivity index (χ1) is 7.36. The number of para-hydroxylation sites is 1. The first-order valence-electron chi connectivity index (χ1n) is 4.73. The van der Waals surface area contributed by atoms with Crippen molar-refractivity contribution < 1.29 is 4.74 Å². The summed E-state index contributed by atoms with van der Waals surface area (Å²) in [6.07, 6.45) is 0.379. The van der Waals surface area contributed by atoms with Gasteiger partial charge in [0.1, 0.15) is 5.75 Å². The van der Waals surface area contributed by atoms with Crippen molar-refractivity contribution in [3.05, 3.63) is 29.8 Å². The zero-order valence-electron chi connectivity index (χ0n) is 8.18. The van der Waals surface area contributed by atoms with Crippen LogP contribution in [0.25, 0.3) is 0 Å². The molecule has 0 spiro atoms. The van der Waals surface area contributed by atoms with Gasteiger partial charge < -0.3 is 10.6 Å². The molecule has 2 rings (SSSR count). The summed E-state index contributed by atoms with van der Waals surface area (Å²) in [5, 5.41) is 12.5. The Morgan fingerprint density at radius 2 is 2.33 bits per heavy atom. The Morgan fingerprint density at radius 3 is 3.07 bits per heavy atom.